The van der Waals surface area contributed by atoms with E-state index in [4.69, 9.17) is 5.73 Å². The second-order valence-electron chi connectivity index (χ2n) is 6.34. The Balaban J connectivity index is 2.08. The molecule has 3 unspecified atom stereocenters. The van der Waals surface area contributed by atoms with Crippen LogP contribution in [-0.2, 0) is 6.54 Å². The van der Waals surface area contributed by atoms with Crippen LogP contribution in [0.3, 0.4) is 0 Å². The van der Waals surface area contributed by atoms with Crippen LogP contribution in [0.1, 0.15) is 43.8 Å². The van der Waals surface area contributed by atoms with E-state index in [0.717, 1.165) is 29.9 Å². The molecule has 108 valence electrons. The van der Waals surface area contributed by atoms with Gasteiger partial charge in [-0.25, -0.2) is 4.98 Å². The largest absolute Gasteiger partial charge is 0.329 e. The Kier molecular flexibility index (Phi) is 4.64. The van der Waals surface area contributed by atoms with E-state index in [0.29, 0.717) is 0 Å². The molecule has 1 aliphatic carbocycles. The number of thiazole rings is 1. The van der Waals surface area contributed by atoms with Crippen LogP contribution in [0.4, 0.5) is 0 Å². The van der Waals surface area contributed by atoms with Gasteiger partial charge in [-0.1, -0.05) is 13.8 Å². The highest BCUT2D eigenvalue weighted by atomic mass is 32.1. The van der Waals surface area contributed by atoms with Crippen molar-refractivity contribution in [3.63, 3.8) is 0 Å². The highest BCUT2D eigenvalue weighted by molar-refractivity contribution is 7.09. The van der Waals surface area contributed by atoms with Crippen LogP contribution in [0.5, 0.6) is 0 Å². The summed E-state index contributed by atoms with van der Waals surface area (Å²) in [6, 6.07) is 0. The number of aromatic nitrogens is 1. The minimum absolute atomic E-state index is 0.170. The van der Waals surface area contributed by atoms with E-state index in [1.54, 1.807) is 11.3 Å². The third-order valence-corrected chi connectivity index (χ3v) is 5.82. The smallest absolute Gasteiger partial charge is 0.0897 e. The summed E-state index contributed by atoms with van der Waals surface area (Å²) in [5.41, 5.74) is 7.50. The lowest BCUT2D eigenvalue weighted by molar-refractivity contribution is 0.0343. The summed E-state index contributed by atoms with van der Waals surface area (Å²) < 4.78 is 0. The van der Waals surface area contributed by atoms with Crippen molar-refractivity contribution in [1.82, 2.24) is 9.88 Å². The standard InChI is InChI=1S/C15H27N3S/c1-11-5-6-15(10-16,7-12(11)2)18(4)8-14-9-19-13(3)17-14/h9,11-12H,5-8,10,16H2,1-4H3. The van der Waals surface area contributed by atoms with Crippen LogP contribution in [-0.4, -0.2) is 29.0 Å². The molecule has 0 aliphatic heterocycles. The molecule has 2 rings (SSSR count). The van der Waals surface area contributed by atoms with Gasteiger partial charge in [-0.15, -0.1) is 11.3 Å². The van der Waals surface area contributed by atoms with Gasteiger partial charge in [0.25, 0.3) is 0 Å². The van der Waals surface area contributed by atoms with Gasteiger partial charge in [0, 0.05) is 24.0 Å². The molecule has 3 atom stereocenters. The fraction of sp³-hybridized carbons (Fsp3) is 0.800. The Labute approximate surface area is 121 Å². The maximum atomic E-state index is 6.15. The van der Waals surface area contributed by atoms with E-state index >= 15 is 0 Å². The summed E-state index contributed by atoms with van der Waals surface area (Å²) in [6.07, 6.45) is 3.72. The number of hydrogen-bond acceptors (Lipinski definition) is 4. The summed E-state index contributed by atoms with van der Waals surface area (Å²) in [5.74, 6) is 1.59. The van der Waals surface area contributed by atoms with Crippen molar-refractivity contribution >= 4 is 11.3 Å². The van der Waals surface area contributed by atoms with Crippen molar-refractivity contribution in [2.75, 3.05) is 13.6 Å². The second kappa shape index (κ2) is 5.90. The zero-order valence-corrected chi connectivity index (χ0v) is 13.5. The lowest BCUT2D eigenvalue weighted by Gasteiger charge is -2.48. The highest BCUT2D eigenvalue weighted by Crippen LogP contribution is 2.39. The molecule has 0 amide bonds. The molecular weight excluding hydrogens is 254 g/mol. The van der Waals surface area contributed by atoms with Gasteiger partial charge in [-0.2, -0.15) is 0 Å². The quantitative estimate of drug-likeness (QED) is 0.922. The highest BCUT2D eigenvalue weighted by Gasteiger charge is 2.39. The van der Waals surface area contributed by atoms with Crippen molar-refractivity contribution < 1.29 is 0 Å². The molecule has 0 radical (unpaired) electrons. The molecule has 0 bridgehead atoms. The third kappa shape index (κ3) is 3.18. The van der Waals surface area contributed by atoms with Crippen LogP contribution in [0.15, 0.2) is 5.38 Å². The van der Waals surface area contributed by atoms with E-state index in [1.807, 2.05) is 0 Å². The molecule has 1 aromatic rings. The summed E-state index contributed by atoms with van der Waals surface area (Å²) >= 11 is 1.73. The molecule has 2 N–H and O–H groups in total. The normalized spacial score (nSPS) is 31.9. The van der Waals surface area contributed by atoms with E-state index in [9.17, 15) is 0 Å². The SMILES string of the molecule is Cc1nc(CN(C)C2(CN)CCC(C)C(C)C2)cs1. The maximum Gasteiger partial charge on any atom is 0.0897 e. The van der Waals surface area contributed by atoms with Crippen LogP contribution in [0, 0.1) is 18.8 Å². The fourth-order valence-electron chi connectivity index (χ4n) is 3.26. The fourth-order valence-corrected chi connectivity index (χ4v) is 3.87. The van der Waals surface area contributed by atoms with Crippen LogP contribution in [0.25, 0.3) is 0 Å². The molecule has 0 aromatic carbocycles. The van der Waals surface area contributed by atoms with Gasteiger partial charge in [0.1, 0.15) is 0 Å². The Morgan fingerprint density at radius 2 is 2.21 bits per heavy atom. The Morgan fingerprint density at radius 3 is 2.74 bits per heavy atom. The molecule has 19 heavy (non-hydrogen) atoms. The van der Waals surface area contributed by atoms with Crippen LogP contribution >= 0.6 is 11.3 Å². The maximum absolute atomic E-state index is 6.15. The first kappa shape index (κ1) is 14.9. The summed E-state index contributed by atoms with van der Waals surface area (Å²) in [5, 5.41) is 3.32. The van der Waals surface area contributed by atoms with Crippen LogP contribution < -0.4 is 5.73 Å². The van der Waals surface area contributed by atoms with Gasteiger partial charge in [0.2, 0.25) is 0 Å². The summed E-state index contributed by atoms with van der Waals surface area (Å²) in [6.45, 7) is 8.48. The molecule has 0 saturated heterocycles. The average molecular weight is 281 g/mol. The zero-order chi connectivity index (χ0) is 14.0. The van der Waals surface area contributed by atoms with Gasteiger partial charge in [-0.3, -0.25) is 4.90 Å². The molecule has 1 aliphatic rings. The minimum Gasteiger partial charge on any atom is -0.329 e. The number of likely N-dealkylation sites (N-methyl/N-ethyl adjacent to an activating group) is 1. The lowest BCUT2D eigenvalue weighted by atomic mass is 9.70. The Morgan fingerprint density at radius 1 is 1.47 bits per heavy atom. The molecule has 4 heteroatoms. The Bertz CT molecular complexity index is 417. The van der Waals surface area contributed by atoms with Crippen molar-refractivity contribution in [3.05, 3.63) is 16.1 Å². The third-order valence-electron chi connectivity index (χ3n) is 4.99. The van der Waals surface area contributed by atoms with Gasteiger partial charge < -0.3 is 5.73 Å². The topological polar surface area (TPSA) is 42.2 Å². The van der Waals surface area contributed by atoms with Crippen LogP contribution in [0.2, 0.25) is 0 Å². The van der Waals surface area contributed by atoms with Crippen molar-refractivity contribution in [2.45, 2.75) is 52.1 Å². The van der Waals surface area contributed by atoms with Crippen molar-refractivity contribution in [1.29, 1.82) is 0 Å². The van der Waals surface area contributed by atoms with Crippen molar-refractivity contribution in [2.24, 2.45) is 17.6 Å². The van der Waals surface area contributed by atoms with Gasteiger partial charge in [0.15, 0.2) is 0 Å². The van der Waals surface area contributed by atoms with Gasteiger partial charge in [-0.05, 0) is 45.1 Å². The van der Waals surface area contributed by atoms with E-state index in [2.05, 4.69) is 43.1 Å². The predicted molar refractivity (Wildman–Crippen MR) is 82.3 cm³/mol. The van der Waals surface area contributed by atoms with E-state index in [1.165, 1.54) is 25.0 Å². The summed E-state index contributed by atoms with van der Waals surface area (Å²) in [7, 11) is 2.21. The number of hydrogen-bond donors (Lipinski definition) is 1. The second-order valence-corrected chi connectivity index (χ2v) is 7.40. The van der Waals surface area contributed by atoms with Gasteiger partial charge in [0.05, 0.1) is 10.7 Å². The molecular formula is C15H27N3S. The lowest BCUT2D eigenvalue weighted by Crippen LogP contribution is -2.55. The molecule has 1 saturated carbocycles. The molecule has 1 heterocycles. The number of aryl methyl sites for hydroxylation is 1. The van der Waals surface area contributed by atoms with Gasteiger partial charge >= 0.3 is 0 Å². The molecule has 1 fully saturated rings. The first-order chi connectivity index (χ1) is 8.97. The molecule has 3 nitrogen and oxygen atoms in total. The Hall–Kier alpha value is -0.450. The average Bonchev–Trinajstić information content (AvgIpc) is 2.78. The number of nitrogens with zero attached hydrogens (tertiary/aromatic N) is 2. The van der Waals surface area contributed by atoms with E-state index in [-0.39, 0.29) is 5.54 Å². The predicted octanol–water partition coefficient (Wildman–Crippen LogP) is 3.04. The zero-order valence-electron chi connectivity index (χ0n) is 12.6. The van der Waals surface area contributed by atoms with Crippen molar-refractivity contribution in [3.8, 4) is 0 Å². The first-order valence-corrected chi connectivity index (χ1v) is 8.17. The summed E-state index contributed by atoms with van der Waals surface area (Å²) in [4.78, 5) is 7.03. The van der Waals surface area contributed by atoms with E-state index < -0.39 is 0 Å². The monoisotopic (exact) mass is 281 g/mol. The number of nitrogens with two attached hydrogens (primary N) is 1. The minimum atomic E-state index is 0.170. The number of rotatable bonds is 4. The molecule has 1 aromatic heterocycles. The first-order valence-electron chi connectivity index (χ1n) is 7.29. The molecule has 0 spiro atoms.